The number of pyridine rings is 1. The van der Waals surface area contributed by atoms with E-state index in [0.717, 1.165) is 11.2 Å². The van der Waals surface area contributed by atoms with Crippen LogP contribution in [-0.2, 0) is 5.41 Å². The van der Waals surface area contributed by atoms with Crippen molar-refractivity contribution in [3.63, 3.8) is 0 Å². The van der Waals surface area contributed by atoms with Crippen molar-refractivity contribution in [2.75, 3.05) is 0 Å². The quantitative estimate of drug-likeness (QED) is 0.246. The third-order valence-corrected chi connectivity index (χ3v) is 8.81. The molecule has 0 aliphatic heterocycles. The molecule has 34 heavy (non-hydrogen) atoms. The predicted molar refractivity (Wildman–Crippen MR) is 152 cm³/mol. The van der Waals surface area contributed by atoms with E-state index in [4.69, 9.17) is 4.98 Å². The van der Waals surface area contributed by atoms with E-state index in [2.05, 4.69) is 131 Å². The largest absolute Gasteiger partial charge is 0.248 e. The van der Waals surface area contributed by atoms with Crippen molar-refractivity contribution in [2.45, 2.75) is 45.8 Å². The summed E-state index contributed by atoms with van der Waals surface area (Å²) >= 11 is 0. The summed E-state index contributed by atoms with van der Waals surface area (Å²) in [6.07, 6.45) is 0. The maximum absolute atomic E-state index is 5.13. The number of benzene rings is 4. The first-order valence-electron chi connectivity index (χ1n) is 12.1. The second kappa shape index (κ2) is 8.21. The Hall–Kier alpha value is -3.23. The van der Waals surface area contributed by atoms with E-state index in [9.17, 15) is 0 Å². The fourth-order valence-electron chi connectivity index (χ4n) is 4.70. The SMILES string of the molecule is CC(C)(C)c1cc(-c2ccc3ccc(-c4ccc([Si](C)(C)C)cc4)cc3n2)cc2ccccc12. The molecule has 1 nitrogen and oxygen atoms in total. The zero-order chi connectivity index (χ0) is 24.1. The Kier molecular flexibility index (Phi) is 5.45. The summed E-state index contributed by atoms with van der Waals surface area (Å²) in [7, 11) is -1.30. The molecule has 0 aliphatic rings. The summed E-state index contributed by atoms with van der Waals surface area (Å²) in [5.74, 6) is 0. The van der Waals surface area contributed by atoms with Gasteiger partial charge < -0.3 is 0 Å². The molecule has 0 radical (unpaired) electrons. The van der Waals surface area contributed by atoms with Gasteiger partial charge in [-0.15, -0.1) is 0 Å². The Morgan fingerprint density at radius 2 is 1.29 bits per heavy atom. The molecular formula is C32H33NSi. The molecule has 0 aliphatic carbocycles. The minimum Gasteiger partial charge on any atom is -0.248 e. The summed E-state index contributed by atoms with van der Waals surface area (Å²) in [4.78, 5) is 5.13. The Bertz CT molecular complexity index is 1500. The highest BCUT2D eigenvalue weighted by Gasteiger charge is 2.19. The molecule has 5 rings (SSSR count). The monoisotopic (exact) mass is 459 g/mol. The lowest BCUT2D eigenvalue weighted by Gasteiger charge is -2.22. The van der Waals surface area contributed by atoms with Crippen LogP contribution in [0, 0.1) is 0 Å². The normalized spacial score (nSPS) is 12.4. The van der Waals surface area contributed by atoms with Gasteiger partial charge in [-0.2, -0.15) is 0 Å². The lowest BCUT2D eigenvalue weighted by Crippen LogP contribution is -2.37. The fourth-order valence-corrected chi connectivity index (χ4v) is 5.87. The first-order chi connectivity index (χ1) is 16.1. The highest BCUT2D eigenvalue weighted by atomic mass is 28.3. The fraction of sp³-hybridized carbons (Fsp3) is 0.219. The molecule has 2 heteroatoms. The Morgan fingerprint density at radius 1 is 0.618 bits per heavy atom. The van der Waals surface area contributed by atoms with Gasteiger partial charge in [0, 0.05) is 10.9 Å². The Balaban J connectivity index is 1.60. The summed E-state index contributed by atoms with van der Waals surface area (Å²) in [6, 6.07) is 33.4. The average Bonchev–Trinajstić information content (AvgIpc) is 2.81. The summed E-state index contributed by atoms with van der Waals surface area (Å²) < 4.78 is 0. The lowest BCUT2D eigenvalue weighted by atomic mass is 9.82. The third kappa shape index (κ3) is 4.31. The molecule has 1 heterocycles. The molecule has 0 amide bonds. The molecule has 5 aromatic rings. The summed E-state index contributed by atoms with van der Waals surface area (Å²) in [5.41, 5.74) is 7.12. The molecule has 0 N–H and O–H groups in total. The van der Waals surface area contributed by atoms with Gasteiger partial charge in [0.15, 0.2) is 0 Å². The molecule has 0 spiro atoms. The van der Waals surface area contributed by atoms with E-state index in [-0.39, 0.29) is 5.41 Å². The molecule has 0 saturated heterocycles. The van der Waals surface area contributed by atoms with Crippen molar-refractivity contribution in [3.05, 3.63) is 96.6 Å². The Morgan fingerprint density at radius 3 is 2.00 bits per heavy atom. The zero-order valence-electron chi connectivity index (χ0n) is 21.1. The van der Waals surface area contributed by atoms with E-state index in [1.165, 1.54) is 43.6 Å². The van der Waals surface area contributed by atoms with Crippen molar-refractivity contribution in [2.24, 2.45) is 0 Å². The van der Waals surface area contributed by atoms with Crippen LogP contribution in [0.15, 0.2) is 91.0 Å². The van der Waals surface area contributed by atoms with Gasteiger partial charge in [0.25, 0.3) is 0 Å². The second-order valence-corrected chi connectivity index (χ2v) is 16.5. The van der Waals surface area contributed by atoms with Crippen LogP contribution >= 0.6 is 0 Å². The number of nitrogens with zero attached hydrogens (tertiary/aromatic N) is 1. The van der Waals surface area contributed by atoms with Gasteiger partial charge in [0.2, 0.25) is 0 Å². The highest BCUT2D eigenvalue weighted by molar-refractivity contribution is 6.88. The third-order valence-electron chi connectivity index (χ3n) is 6.74. The van der Waals surface area contributed by atoms with Crippen molar-refractivity contribution in [3.8, 4) is 22.4 Å². The minimum absolute atomic E-state index is 0.0572. The second-order valence-electron chi connectivity index (χ2n) is 11.4. The number of rotatable bonds is 3. The number of aromatic nitrogens is 1. The van der Waals surface area contributed by atoms with E-state index >= 15 is 0 Å². The van der Waals surface area contributed by atoms with Crippen molar-refractivity contribution < 1.29 is 0 Å². The molecule has 0 saturated carbocycles. The number of hydrogen-bond acceptors (Lipinski definition) is 1. The molecular weight excluding hydrogens is 426 g/mol. The van der Waals surface area contributed by atoms with Crippen LogP contribution in [-0.4, -0.2) is 13.1 Å². The first-order valence-corrected chi connectivity index (χ1v) is 15.6. The van der Waals surface area contributed by atoms with Crippen molar-refractivity contribution in [1.82, 2.24) is 4.98 Å². The summed E-state index contributed by atoms with van der Waals surface area (Å²) in [6.45, 7) is 14.0. The van der Waals surface area contributed by atoms with Crippen molar-refractivity contribution >= 4 is 34.9 Å². The van der Waals surface area contributed by atoms with Crippen LogP contribution < -0.4 is 5.19 Å². The van der Waals surface area contributed by atoms with Gasteiger partial charge >= 0.3 is 0 Å². The first kappa shape index (κ1) is 22.6. The minimum atomic E-state index is -1.30. The van der Waals surface area contributed by atoms with E-state index in [1.54, 1.807) is 0 Å². The molecule has 1 aromatic heterocycles. The van der Waals surface area contributed by atoms with Crippen LogP contribution in [0.25, 0.3) is 44.1 Å². The molecule has 170 valence electrons. The predicted octanol–water partition coefficient (Wildman–Crippen LogP) is 8.56. The van der Waals surface area contributed by atoms with Gasteiger partial charge in [-0.1, -0.05) is 112 Å². The Labute approximate surface area is 204 Å². The highest BCUT2D eigenvalue weighted by Crippen LogP contribution is 2.35. The maximum Gasteiger partial charge on any atom is 0.0775 e. The van der Waals surface area contributed by atoms with Crippen LogP contribution in [0.3, 0.4) is 0 Å². The van der Waals surface area contributed by atoms with E-state index < -0.39 is 8.07 Å². The van der Waals surface area contributed by atoms with Crippen LogP contribution in [0.4, 0.5) is 0 Å². The smallest absolute Gasteiger partial charge is 0.0775 e. The zero-order valence-corrected chi connectivity index (χ0v) is 22.1. The van der Waals surface area contributed by atoms with Crippen LogP contribution in [0.2, 0.25) is 19.6 Å². The van der Waals surface area contributed by atoms with Crippen LogP contribution in [0.1, 0.15) is 26.3 Å². The standard InChI is InChI=1S/C32H33NSi/c1-32(2,3)29-20-26(19-25-9-7-8-10-28(25)29)30-18-15-23-11-12-24(21-31(23)33-30)22-13-16-27(17-14-22)34(4,5)6/h7-21H,1-6H3. The van der Waals surface area contributed by atoms with Gasteiger partial charge in [-0.05, 0) is 57.1 Å². The number of fused-ring (bicyclic) bond motifs is 2. The van der Waals surface area contributed by atoms with Gasteiger partial charge in [-0.3, -0.25) is 0 Å². The van der Waals surface area contributed by atoms with Gasteiger partial charge in [-0.25, -0.2) is 4.98 Å². The number of hydrogen-bond donors (Lipinski definition) is 0. The molecule has 0 fully saturated rings. The molecule has 0 bridgehead atoms. The topological polar surface area (TPSA) is 12.9 Å². The molecule has 0 unspecified atom stereocenters. The summed E-state index contributed by atoms with van der Waals surface area (Å²) in [5, 5.41) is 5.25. The van der Waals surface area contributed by atoms with Crippen molar-refractivity contribution in [1.29, 1.82) is 0 Å². The maximum atomic E-state index is 5.13. The average molecular weight is 460 g/mol. The molecule has 0 atom stereocenters. The molecule has 4 aromatic carbocycles. The van der Waals surface area contributed by atoms with E-state index in [1.807, 2.05) is 0 Å². The lowest BCUT2D eigenvalue weighted by molar-refractivity contribution is 0.596. The van der Waals surface area contributed by atoms with Gasteiger partial charge in [0.05, 0.1) is 19.3 Å². The van der Waals surface area contributed by atoms with E-state index in [0.29, 0.717) is 0 Å². The van der Waals surface area contributed by atoms with Crippen LogP contribution in [0.5, 0.6) is 0 Å². The van der Waals surface area contributed by atoms with Gasteiger partial charge in [0.1, 0.15) is 0 Å².